The molecule has 0 aliphatic rings. The van der Waals surface area contributed by atoms with Crippen molar-refractivity contribution in [2.75, 3.05) is 0 Å². The van der Waals surface area contributed by atoms with E-state index in [0.717, 1.165) is 0 Å². The van der Waals surface area contributed by atoms with Crippen molar-refractivity contribution in [1.82, 2.24) is 0 Å². The molecule has 0 saturated carbocycles. The van der Waals surface area contributed by atoms with E-state index in [1.54, 1.807) is 0 Å². The monoisotopic (exact) mass is 262 g/mol. The minimum absolute atomic E-state index is 1.20. The molecular weight excluding hydrogens is 248 g/mol. The molecule has 2 rings (SSSR count). The Bertz CT molecular complexity index is 531. The van der Waals surface area contributed by atoms with Crippen LogP contribution in [0.15, 0.2) is 22.7 Å². The van der Waals surface area contributed by atoms with Gasteiger partial charge in [0.05, 0.1) is 0 Å². The van der Waals surface area contributed by atoms with E-state index < -0.39 is 0 Å². The molecule has 0 nitrogen and oxygen atoms in total. The van der Waals surface area contributed by atoms with E-state index in [1.807, 2.05) is 0 Å². The number of rotatable bonds is 0. The van der Waals surface area contributed by atoms with Crippen LogP contribution < -0.4 is 0 Å². The summed E-state index contributed by atoms with van der Waals surface area (Å²) in [6, 6.07) is 6.60. The zero-order chi connectivity index (χ0) is 11.2. The number of fused-ring (bicyclic) bond motifs is 1. The second-order valence-electron chi connectivity index (χ2n) is 4.23. The van der Waals surface area contributed by atoms with Gasteiger partial charge in [-0.25, -0.2) is 0 Å². The van der Waals surface area contributed by atoms with Gasteiger partial charge in [0.1, 0.15) is 0 Å². The summed E-state index contributed by atoms with van der Waals surface area (Å²) in [6.07, 6.45) is 0. The zero-order valence-electron chi connectivity index (χ0n) is 9.61. The number of benzene rings is 2. The van der Waals surface area contributed by atoms with Crippen LogP contribution in [0, 0.1) is 27.7 Å². The summed E-state index contributed by atoms with van der Waals surface area (Å²) in [4.78, 5) is 0. The van der Waals surface area contributed by atoms with Crippen LogP contribution in [0.4, 0.5) is 0 Å². The number of halogens is 1. The Labute approximate surface area is 99.4 Å². The maximum Gasteiger partial charge on any atom is 0.0256 e. The average Bonchev–Trinajstić information content (AvgIpc) is 2.19. The molecule has 0 fully saturated rings. The second kappa shape index (κ2) is 3.64. The maximum absolute atomic E-state index is 3.64. The lowest BCUT2D eigenvalue weighted by Gasteiger charge is -2.12. The van der Waals surface area contributed by atoms with Crippen molar-refractivity contribution in [2.45, 2.75) is 27.7 Å². The van der Waals surface area contributed by atoms with Gasteiger partial charge in [-0.15, -0.1) is 0 Å². The fourth-order valence-corrected chi connectivity index (χ4v) is 2.75. The molecule has 0 aliphatic heterocycles. The summed E-state index contributed by atoms with van der Waals surface area (Å²) in [7, 11) is 0. The standard InChI is InChI=1S/C14H15Br/c1-8-5-6-12-13(15)7-9(2)11(4)14(12)10(8)3/h5-7H,1-4H3. The summed E-state index contributed by atoms with van der Waals surface area (Å²) in [6.45, 7) is 8.75. The molecule has 0 unspecified atom stereocenters. The SMILES string of the molecule is Cc1ccc2c(Br)cc(C)c(C)c2c1C. The lowest BCUT2D eigenvalue weighted by Crippen LogP contribution is -1.91. The van der Waals surface area contributed by atoms with E-state index in [0.29, 0.717) is 0 Å². The Balaban J connectivity index is 3.04. The van der Waals surface area contributed by atoms with Gasteiger partial charge < -0.3 is 0 Å². The van der Waals surface area contributed by atoms with Crippen LogP contribution in [0.3, 0.4) is 0 Å². The summed E-state index contributed by atoms with van der Waals surface area (Å²) in [5.74, 6) is 0. The van der Waals surface area contributed by atoms with Gasteiger partial charge in [-0.3, -0.25) is 0 Å². The fourth-order valence-electron chi connectivity index (χ4n) is 2.07. The van der Waals surface area contributed by atoms with E-state index in [4.69, 9.17) is 0 Å². The first-order chi connectivity index (χ1) is 7.02. The van der Waals surface area contributed by atoms with Crippen molar-refractivity contribution in [3.05, 3.63) is 44.9 Å². The third-order valence-corrected chi connectivity index (χ3v) is 3.96. The van der Waals surface area contributed by atoms with Crippen LogP contribution in [-0.4, -0.2) is 0 Å². The first kappa shape index (κ1) is 10.7. The predicted molar refractivity (Wildman–Crippen MR) is 70.6 cm³/mol. The maximum atomic E-state index is 3.64. The van der Waals surface area contributed by atoms with Crippen LogP contribution in [0.2, 0.25) is 0 Å². The van der Waals surface area contributed by atoms with Crippen LogP contribution in [0.25, 0.3) is 10.8 Å². The summed E-state index contributed by atoms with van der Waals surface area (Å²) >= 11 is 3.64. The van der Waals surface area contributed by atoms with Crippen LogP contribution >= 0.6 is 15.9 Å². The van der Waals surface area contributed by atoms with Gasteiger partial charge in [-0.2, -0.15) is 0 Å². The lowest BCUT2D eigenvalue weighted by atomic mass is 9.94. The molecule has 0 radical (unpaired) electrons. The van der Waals surface area contributed by atoms with Gasteiger partial charge in [-0.1, -0.05) is 28.1 Å². The largest absolute Gasteiger partial charge is 0.0584 e. The highest BCUT2D eigenvalue weighted by molar-refractivity contribution is 9.10. The number of aryl methyl sites for hydroxylation is 4. The molecule has 2 aromatic carbocycles. The van der Waals surface area contributed by atoms with Crippen molar-refractivity contribution in [1.29, 1.82) is 0 Å². The highest BCUT2D eigenvalue weighted by atomic mass is 79.9. The van der Waals surface area contributed by atoms with Crippen molar-refractivity contribution in [3.8, 4) is 0 Å². The van der Waals surface area contributed by atoms with Crippen molar-refractivity contribution in [3.63, 3.8) is 0 Å². The van der Waals surface area contributed by atoms with Crippen molar-refractivity contribution in [2.24, 2.45) is 0 Å². The topological polar surface area (TPSA) is 0 Å². The molecule has 2 aromatic rings. The van der Waals surface area contributed by atoms with Gasteiger partial charge in [0, 0.05) is 4.47 Å². The zero-order valence-corrected chi connectivity index (χ0v) is 11.2. The van der Waals surface area contributed by atoms with Crippen LogP contribution in [0.5, 0.6) is 0 Å². The molecule has 0 N–H and O–H groups in total. The van der Waals surface area contributed by atoms with Crippen LogP contribution in [0.1, 0.15) is 22.3 Å². The molecule has 0 amide bonds. The molecule has 0 heterocycles. The Morgan fingerprint density at radius 1 is 0.867 bits per heavy atom. The Morgan fingerprint density at radius 2 is 1.47 bits per heavy atom. The first-order valence-electron chi connectivity index (χ1n) is 5.18. The minimum atomic E-state index is 1.20. The average molecular weight is 263 g/mol. The third kappa shape index (κ3) is 1.59. The molecule has 1 heteroatoms. The van der Waals surface area contributed by atoms with E-state index in [9.17, 15) is 0 Å². The third-order valence-electron chi connectivity index (χ3n) is 3.30. The summed E-state index contributed by atoms with van der Waals surface area (Å²) in [5, 5.41) is 2.73. The van der Waals surface area contributed by atoms with Gasteiger partial charge in [-0.05, 0) is 66.8 Å². The molecule has 15 heavy (non-hydrogen) atoms. The van der Waals surface area contributed by atoms with E-state index >= 15 is 0 Å². The fraction of sp³-hybridized carbons (Fsp3) is 0.286. The quantitative estimate of drug-likeness (QED) is 0.638. The second-order valence-corrected chi connectivity index (χ2v) is 5.08. The predicted octanol–water partition coefficient (Wildman–Crippen LogP) is 4.84. The molecule has 0 saturated heterocycles. The van der Waals surface area contributed by atoms with Crippen LogP contribution in [-0.2, 0) is 0 Å². The van der Waals surface area contributed by atoms with Crippen molar-refractivity contribution >= 4 is 26.7 Å². The van der Waals surface area contributed by atoms with Gasteiger partial charge in [0.15, 0.2) is 0 Å². The van der Waals surface area contributed by atoms with E-state index in [2.05, 4.69) is 61.8 Å². The molecule has 0 aliphatic carbocycles. The summed E-state index contributed by atoms with van der Waals surface area (Å²) in [5.41, 5.74) is 5.51. The lowest BCUT2D eigenvalue weighted by molar-refractivity contribution is 1.32. The molecule has 0 bridgehead atoms. The summed E-state index contributed by atoms with van der Waals surface area (Å²) < 4.78 is 1.20. The molecule has 0 spiro atoms. The van der Waals surface area contributed by atoms with Gasteiger partial charge in [0.2, 0.25) is 0 Å². The van der Waals surface area contributed by atoms with Gasteiger partial charge >= 0.3 is 0 Å². The Kier molecular flexibility index (Phi) is 2.59. The molecular formula is C14H15Br. The number of hydrogen-bond acceptors (Lipinski definition) is 0. The normalized spacial score (nSPS) is 11.0. The molecule has 0 atom stereocenters. The Hall–Kier alpha value is -0.820. The van der Waals surface area contributed by atoms with E-state index in [-0.39, 0.29) is 0 Å². The highest BCUT2D eigenvalue weighted by Gasteiger charge is 2.08. The van der Waals surface area contributed by atoms with Crippen molar-refractivity contribution < 1.29 is 0 Å². The van der Waals surface area contributed by atoms with E-state index in [1.165, 1.54) is 37.5 Å². The molecule has 0 aromatic heterocycles. The smallest absolute Gasteiger partial charge is 0.0256 e. The molecule has 78 valence electrons. The highest BCUT2D eigenvalue weighted by Crippen LogP contribution is 2.32. The minimum Gasteiger partial charge on any atom is -0.0584 e. The Morgan fingerprint density at radius 3 is 2.13 bits per heavy atom. The first-order valence-corrected chi connectivity index (χ1v) is 5.97. The number of hydrogen-bond donors (Lipinski definition) is 0. The van der Waals surface area contributed by atoms with Gasteiger partial charge in [0.25, 0.3) is 0 Å².